The smallest absolute Gasteiger partial charge is 0.172 e. The molecule has 0 aromatic rings. The molecular formula is C14H29NO2. The molecule has 0 aromatic carbocycles. The Balaban J connectivity index is 4.41. The molecule has 0 fully saturated rings. The van der Waals surface area contributed by atoms with Crippen LogP contribution in [0.1, 0.15) is 47.0 Å². The Morgan fingerprint density at radius 3 is 2.12 bits per heavy atom. The molecule has 0 bridgehead atoms. The molecule has 3 nitrogen and oxygen atoms in total. The molecule has 0 aromatic heterocycles. The quantitative estimate of drug-likeness (QED) is 0.447. The second-order valence-electron chi connectivity index (χ2n) is 4.15. The van der Waals surface area contributed by atoms with Crippen molar-refractivity contribution in [1.82, 2.24) is 5.32 Å². The van der Waals surface area contributed by atoms with Gasteiger partial charge in [-0.1, -0.05) is 26.0 Å². The SMILES string of the molecule is C=C(CC)CC(NCCC)C(OCC)OCC. The average molecular weight is 243 g/mol. The highest BCUT2D eigenvalue weighted by Crippen LogP contribution is 2.13. The Morgan fingerprint density at radius 2 is 1.71 bits per heavy atom. The highest BCUT2D eigenvalue weighted by molar-refractivity contribution is 4.97. The molecule has 0 aliphatic heterocycles. The fraction of sp³-hybridized carbons (Fsp3) is 0.857. The van der Waals surface area contributed by atoms with Gasteiger partial charge in [-0.25, -0.2) is 0 Å². The molecule has 0 radical (unpaired) electrons. The van der Waals surface area contributed by atoms with Gasteiger partial charge in [-0.15, -0.1) is 0 Å². The standard InChI is InChI=1S/C14H29NO2/c1-6-10-15-13(11-12(5)7-2)14(16-8-3)17-9-4/h13-15H,5-11H2,1-4H3. The van der Waals surface area contributed by atoms with Crippen LogP contribution in [-0.2, 0) is 9.47 Å². The first kappa shape index (κ1) is 16.6. The maximum Gasteiger partial charge on any atom is 0.172 e. The summed E-state index contributed by atoms with van der Waals surface area (Å²) in [5, 5.41) is 3.49. The van der Waals surface area contributed by atoms with E-state index in [1.165, 1.54) is 5.57 Å². The van der Waals surface area contributed by atoms with Crippen LogP contribution < -0.4 is 5.32 Å². The highest BCUT2D eigenvalue weighted by Gasteiger charge is 2.21. The van der Waals surface area contributed by atoms with Crippen LogP contribution >= 0.6 is 0 Å². The second-order valence-corrected chi connectivity index (χ2v) is 4.15. The van der Waals surface area contributed by atoms with Gasteiger partial charge in [0.2, 0.25) is 0 Å². The van der Waals surface area contributed by atoms with Crippen molar-refractivity contribution in [2.24, 2.45) is 0 Å². The van der Waals surface area contributed by atoms with Gasteiger partial charge in [0.05, 0.1) is 6.04 Å². The van der Waals surface area contributed by atoms with Crippen LogP contribution in [0.2, 0.25) is 0 Å². The van der Waals surface area contributed by atoms with Crippen molar-refractivity contribution in [2.45, 2.75) is 59.3 Å². The van der Waals surface area contributed by atoms with Gasteiger partial charge in [0.15, 0.2) is 6.29 Å². The molecular weight excluding hydrogens is 214 g/mol. The number of rotatable bonds is 11. The van der Waals surface area contributed by atoms with Crippen molar-refractivity contribution in [3.8, 4) is 0 Å². The fourth-order valence-electron chi connectivity index (χ4n) is 1.66. The predicted octanol–water partition coefficient (Wildman–Crippen LogP) is 3.11. The van der Waals surface area contributed by atoms with Crippen LogP contribution in [0.4, 0.5) is 0 Å². The first-order chi connectivity index (χ1) is 8.19. The molecule has 0 amide bonds. The van der Waals surface area contributed by atoms with Gasteiger partial charge >= 0.3 is 0 Å². The van der Waals surface area contributed by atoms with Gasteiger partial charge in [0, 0.05) is 13.2 Å². The number of ether oxygens (including phenoxy) is 2. The minimum Gasteiger partial charge on any atom is -0.351 e. The van der Waals surface area contributed by atoms with Crippen LogP contribution in [0.3, 0.4) is 0 Å². The van der Waals surface area contributed by atoms with Gasteiger partial charge < -0.3 is 14.8 Å². The topological polar surface area (TPSA) is 30.5 Å². The third kappa shape index (κ3) is 7.53. The van der Waals surface area contributed by atoms with Crippen LogP contribution in [-0.4, -0.2) is 32.1 Å². The van der Waals surface area contributed by atoms with Crippen molar-refractivity contribution >= 4 is 0 Å². The van der Waals surface area contributed by atoms with Gasteiger partial charge in [0.1, 0.15) is 0 Å². The van der Waals surface area contributed by atoms with E-state index in [1.54, 1.807) is 0 Å². The predicted molar refractivity (Wildman–Crippen MR) is 73.2 cm³/mol. The van der Waals surface area contributed by atoms with E-state index in [0.717, 1.165) is 25.8 Å². The number of hydrogen-bond acceptors (Lipinski definition) is 3. The van der Waals surface area contributed by atoms with E-state index < -0.39 is 0 Å². The third-order valence-electron chi connectivity index (χ3n) is 2.66. The lowest BCUT2D eigenvalue weighted by Gasteiger charge is -2.28. The van der Waals surface area contributed by atoms with Crippen molar-refractivity contribution in [1.29, 1.82) is 0 Å². The minimum atomic E-state index is -0.167. The first-order valence-corrected chi connectivity index (χ1v) is 6.82. The maximum absolute atomic E-state index is 5.66. The first-order valence-electron chi connectivity index (χ1n) is 6.82. The largest absolute Gasteiger partial charge is 0.351 e. The molecule has 0 saturated heterocycles. The molecule has 1 N–H and O–H groups in total. The lowest BCUT2D eigenvalue weighted by molar-refractivity contribution is -0.153. The monoisotopic (exact) mass is 243 g/mol. The molecule has 0 rings (SSSR count). The lowest BCUT2D eigenvalue weighted by atomic mass is 10.0. The summed E-state index contributed by atoms with van der Waals surface area (Å²) < 4.78 is 11.3. The normalized spacial score (nSPS) is 13.0. The average Bonchev–Trinajstić information content (AvgIpc) is 2.34. The molecule has 0 spiro atoms. The Labute approximate surface area is 107 Å². The number of hydrogen-bond donors (Lipinski definition) is 1. The zero-order valence-electron chi connectivity index (χ0n) is 11.9. The van der Waals surface area contributed by atoms with Gasteiger partial charge in [0.25, 0.3) is 0 Å². The summed E-state index contributed by atoms with van der Waals surface area (Å²) in [7, 11) is 0. The van der Waals surface area contributed by atoms with Crippen LogP contribution in [0.25, 0.3) is 0 Å². The molecule has 0 aliphatic rings. The zero-order valence-corrected chi connectivity index (χ0v) is 11.9. The van der Waals surface area contributed by atoms with Crippen molar-refractivity contribution in [2.75, 3.05) is 19.8 Å². The molecule has 17 heavy (non-hydrogen) atoms. The van der Waals surface area contributed by atoms with Gasteiger partial charge in [-0.2, -0.15) is 0 Å². The molecule has 0 heterocycles. The van der Waals surface area contributed by atoms with Gasteiger partial charge in [-0.05, 0) is 39.7 Å². The molecule has 3 heteroatoms. The minimum absolute atomic E-state index is 0.167. The van der Waals surface area contributed by atoms with Crippen LogP contribution in [0.15, 0.2) is 12.2 Å². The Bertz CT molecular complexity index is 189. The van der Waals surface area contributed by atoms with E-state index in [0.29, 0.717) is 13.2 Å². The second kappa shape index (κ2) is 10.8. The summed E-state index contributed by atoms with van der Waals surface area (Å²) >= 11 is 0. The van der Waals surface area contributed by atoms with E-state index in [1.807, 2.05) is 13.8 Å². The summed E-state index contributed by atoms with van der Waals surface area (Å²) in [5.41, 5.74) is 1.24. The molecule has 1 unspecified atom stereocenters. The van der Waals surface area contributed by atoms with E-state index in [-0.39, 0.29) is 12.3 Å². The Kier molecular flexibility index (Phi) is 10.5. The fourth-order valence-corrected chi connectivity index (χ4v) is 1.66. The highest BCUT2D eigenvalue weighted by atomic mass is 16.7. The van der Waals surface area contributed by atoms with Crippen molar-refractivity contribution in [3.05, 3.63) is 12.2 Å². The molecule has 102 valence electrons. The molecule has 1 atom stereocenters. The van der Waals surface area contributed by atoms with E-state index in [9.17, 15) is 0 Å². The van der Waals surface area contributed by atoms with Crippen LogP contribution in [0, 0.1) is 0 Å². The maximum atomic E-state index is 5.66. The Morgan fingerprint density at radius 1 is 1.12 bits per heavy atom. The summed E-state index contributed by atoms with van der Waals surface area (Å²) in [5.74, 6) is 0. The molecule has 0 aliphatic carbocycles. The summed E-state index contributed by atoms with van der Waals surface area (Å²) in [6, 6.07) is 0.210. The van der Waals surface area contributed by atoms with E-state index in [4.69, 9.17) is 9.47 Å². The van der Waals surface area contributed by atoms with Gasteiger partial charge in [-0.3, -0.25) is 0 Å². The van der Waals surface area contributed by atoms with Crippen molar-refractivity contribution in [3.63, 3.8) is 0 Å². The van der Waals surface area contributed by atoms with E-state index >= 15 is 0 Å². The zero-order chi connectivity index (χ0) is 13.1. The number of nitrogens with one attached hydrogen (secondary N) is 1. The van der Waals surface area contributed by atoms with Crippen LogP contribution in [0.5, 0.6) is 0 Å². The Hall–Kier alpha value is -0.380. The third-order valence-corrected chi connectivity index (χ3v) is 2.66. The van der Waals surface area contributed by atoms with E-state index in [2.05, 4.69) is 25.7 Å². The lowest BCUT2D eigenvalue weighted by Crippen LogP contribution is -2.43. The summed E-state index contributed by atoms with van der Waals surface area (Å²) in [6.07, 6.45) is 2.87. The summed E-state index contributed by atoms with van der Waals surface area (Å²) in [6.45, 7) is 14.7. The summed E-state index contributed by atoms with van der Waals surface area (Å²) in [4.78, 5) is 0. The van der Waals surface area contributed by atoms with Crippen molar-refractivity contribution < 1.29 is 9.47 Å². The molecule has 0 saturated carbocycles.